The largest absolute Gasteiger partial charge is 0.359 e. The summed E-state index contributed by atoms with van der Waals surface area (Å²) >= 11 is 0. The Bertz CT molecular complexity index is 694. The molecule has 1 saturated heterocycles. The molecule has 0 saturated carbocycles. The van der Waals surface area contributed by atoms with E-state index in [9.17, 15) is 9.59 Å². The van der Waals surface area contributed by atoms with Crippen LogP contribution in [0.15, 0.2) is 29.3 Å². The zero-order chi connectivity index (χ0) is 21.2. The van der Waals surface area contributed by atoms with E-state index in [0.29, 0.717) is 24.4 Å². The maximum atomic E-state index is 12.2. The Balaban J connectivity index is 1.82. The molecule has 1 aliphatic heterocycles. The van der Waals surface area contributed by atoms with Crippen molar-refractivity contribution in [1.29, 1.82) is 0 Å². The van der Waals surface area contributed by atoms with Crippen molar-refractivity contribution in [3.8, 4) is 0 Å². The highest BCUT2D eigenvalue weighted by Gasteiger charge is 2.23. The van der Waals surface area contributed by atoms with E-state index < -0.39 is 0 Å². The van der Waals surface area contributed by atoms with Crippen LogP contribution < -0.4 is 16.0 Å². The number of guanidine groups is 1. The standard InChI is InChI=1S/C22H35N5O2/c1-5-16(2)26-21(29)19-8-6-18(7-9-19)15-25-22(24-4)27-12-10-17(11-13-27)14-20(28)23-3/h6-9,16-17H,5,10-15H2,1-4H3,(H,23,28)(H,24,25)(H,26,29). The highest BCUT2D eigenvalue weighted by molar-refractivity contribution is 5.94. The quantitative estimate of drug-likeness (QED) is 0.483. The van der Waals surface area contributed by atoms with Crippen molar-refractivity contribution in [3.05, 3.63) is 35.4 Å². The van der Waals surface area contributed by atoms with Crippen molar-refractivity contribution in [3.63, 3.8) is 0 Å². The number of aliphatic imine (C=N–C) groups is 1. The number of nitrogens with zero attached hydrogens (tertiary/aromatic N) is 2. The fraction of sp³-hybridized carbons (Fsp3) is 0.591. The minimum absolute atomic E-state index is 0.0331. The average molecular weight is 402 g/mol. The van der Waals surface area contributed by atoms with Gasteiger partial charge in [0.1, 0.15) is 0 Å². The smallest absolute Gasteiger partial charge is 0.251 e. The van der Waals surface area contributed by atoms with Crippen molar-refractivity contribution in [1.82, 2.24) is 20.9 Å². The topological polar surface area (TPSA) is 85.8 Å². The summed E-state index contributed by atoms with van der Waals surface area (Å²) in [6.45, 7) is 6.50. The molecule has 0 aliphatic carbocycles. The van der Waals surface area contributed by atoms with E-state index in [2.05, 4.69) is 32.8 Å². The maximum absolute atomic E-state index is 12.2. The number of amides is 2. The predicted molar refractivity (Wildman–Crippen MR) is 117 cm³/mol. The zero-order valence-electron chi connectivity index (χ0n) is 18.1. The SMILES string of the molecule is CCC(C)NC(=O)c1ccc(CNC(=NC)N2CCC(CC(=O)NC)CC2)cc1. The molecule has 1 aromatic rings. The van der Waals surface area contributed by atoms with Gasteiger partial charge < -0.3 is 20.9 Å². The highest BCUT2D eigenvalue weighted by Crippen LogP contribution is 2.20. The van der Waals surface area contributed by atoms with E-state index in [-0.39, 0.29) is 17.9 Å². The average Bonchev–Trinajstić information content (AvgIpc) is 2.75. The Labute approximate surface area is 174 Å². The van der Waals surface area contributed by atoms with E-state index in [4.69, 9.17) is 0 Å². The third-order valence-electron chi connectivity index (χ3n) is 5.54. The van der Waals surface area contributed by atoms with Gasteiger partial charge in [0.15, 0.2) is 5.96 Å². The van der Waals surface area contributed by atoms with Gasteiger partial charge in [-0.2, -0.15) is 0 Å². The van der Waals surface area contributed by atoms with Gasteiger partial charge in [-0.15, -0.1) is 0 Å². The number of hydrogen-bond donors (Lipinski definition) is 3. The van der Waals surface area contributed by atoms with Crippen LogP contribution in [0.4, 0.5) is 0 Å². The second kappa shape index (κ2) is 11.4. The van der Waals surface area contributed by atoms with Crippen molar-refractivity contribution < 1.29 is 9.59 Å². The lowest BCUT2D eigenvalue weighted by atomic mass is 9.93. The second-order valence-electron chi connectivity index (χ2n) is 7.69. The molecule has 1 unspecified atom stereocenters. The summed E-state index contributed by atoms with van der Waals surface area (Å²) < 4.78 is 0. The van der Waals surface area contributed by atoms with E-state index in [1.807, 2.05) is 31.2 Å². The number of likely N-dealkylation sites (tertiary alicyclic amines) is 1. The number of rotatable bonds is 7. The molecule has 1 aromatic carbocycles. The molecule has 0 bridgehead atoms. The van der Waals surface area contributed by atoms with E-state index in [0.717, 1.165) is 43.9 Å². The van der Waals surface area contributed by atoms with Gasteiger partial charge in [-0.1, -0.05) is 19.1 Å². The molecule has 7 heteroatoms. The van der Waals surface area contributed by atoms with E-state index in [1.165, 1.54) is 0 Å². The molecule has 160 valence electrons. The molecule has 1 aliphatic rings. The first-order valence-corrected chi connectivity index (χ1v) is 10.5. The molecule has 2 rings (SSSR count). The van der Waals surface area contributed by atoms with Gasteiger partial charge in [0, 0.05) is 51.8 Å². The fourth-order valence-electron chi connectivity index (χ4n) is 3.41. The molecule has 1 atom stereocenters. The van der Waals surface area contributed by atoms with Crippen LogP contribution in [0.3, 0.4) is 0 Å². The monoisotopic (exact) mass is 401 g/mol. The molecule has 3 N–H and O–H groups in total. The van der Waals surface area contributed by atoms with Crippen molar-refractivity contribution in [2.75, 3.05) is 27.2 Å². The van der Waals surface area contributed by atoms with Gasteiger partial charge in [0.05, 0.1) is 0 Å². The Morgan fingerprint density at radius 2 is 1.86 bits per heavy atom. The maximum Gasteiger partial charge on any atom is 0.251 e. The number of benzene rings is 1. The number of nitrogens with one attached hydrogen (secondary N) is 3. The number of piperidine rings is 1. The lowest BCUT2D eigenvalue weighted by Crippen LogP contribution is -2.45. The lowest BCUT2D eigenvalue weighted by Gasteiger charge is -2.34. The summed E-state index contributed by atoms with van der Waals surface area (Å²) in [5, 5.41) is 9.09. The molecule has 0 radical (unpaired) electrons. The summed E-state index contributed by atoms with van der Waals surface area (Å²) in [6, 6.07) is 7.85. The first-order valence-electron chi connectivity index (χ1n) is 10.5. The molecular weight excluding hydrogens is 366 g/mol. The predicted octanol–water partition coefficient (Wildman–Crippen LogP) is 2.14. The van der Waals surface area contributed by atoms with Crippen LogP contribution in [-0.4, -0.2) is 55.9 Å². The minimum atomic E-state index is -0.0331. The normalized spacial score (nSPS) is 16.3. The third-order valence-corrected chi connectivity index (χ3v) is 5.54. The Morgan fingerprint density at radius 1 is 1.21 bits per heavy atom. The Hall–Kier alpha value is -2.57. The van der Waals surface area contributed by atoms with Crippen LogP contribution in [0.25, 0.3) is 0 Å². The lowest BCUT2D eigenvalue weighted by molar-refractivity contribution is -0.121. The van der Waals surface area contributed by atoms with Gasteiger partial charge in [0.25, 0.3) is 5.91 Å². The number of carbonyl (C=O) groups is 2. The number of carbonyl (C=O) groups excluding carboxylic acids is 2. The molecule has 1 fully saturated rings. The van der Waals surface area contributed by atoms with Crippen molar-refractivity contribution >= 4 is 17.8 Å². The molecular formula is C22H35N5O2. The van der Waals surface area contributed by atoms with Crippen molar-refractivity contribution in [2.45, 2.75) is 52.1 Å². The van der Waals surface area contributed by atoms with Crippen LogP contribution in [-0.2, 0) is 11.3 Å². The Kier molecular flexibility index (Phi) is 8.96. The van der Waals surface area contributed by atoms with Crippen LogP contribution in [0.1, 0.15) is 55.5 Å². The van der Waals surface area contributed by atoms with E-state index >= 15 is 0 Å². The summed E-state index contributed by atoms with van der Waals surface area (Å²) in [5.74, 6) is 1.40. The van der Waals surface area contributed by atoms with Gasteiger partial charge in [0.2, 0.25) is 5.91 Å². The molecule has 7 nitrogen and oxygen atoms in total. The van der Waals surface area contributed by atoms with Gasteiger partial charge in [-0.3, -0.25) is 14.6 Å². The van der Waals surface area contributed by atoms with Crippen LogP contribution in [0.2, 0.25) is 0 Å². The third kappa shape index (κ3) is 7.07. The Morgan fingerprint density at radius 3 is 2.41 bits per heavy atom. The van der Waals surface area contributed by atoms with Gasteiger partial charge >= 0.3 is 0 Å². The fourth-order valence-corrected chi connectivity index (χ4v) is 3.41. The van der Waals surface area contributed by atoms with Crippen LogP contribution >= 0.6 is 0 Å². The van der Waals surface area contributed by atoms with Crippen LogP contribution in [0.5, 0.6) is 0 Å². The molecule has 2 amide bonds. The molecule has 29 heavy (non-hydrogen) atoms. The highest BCUT2D eigenvalue weighted by atomic mass is 16.2. The summed E-state index contributed by atoms with van der Waals surface area (Å²) in [4.78, 5) is 30.4. The summed E-state index contributed by atoms with van der Waals surface area (Å²) in [5.41, 5.74) is 1.78. The molecule has 0 aromatic heterocycles. The van der Waals surface area contributed by atoms with Gasteiger partial charge in [-0.25, -0.2) is 0 Å². The first kappa shape index (κ1) is 22.7. The minimum Gasteiger partial charge on any atom is -0.359 e. The first-order chi connectivity index (χ1) is 14.0. The van der Waals surface area contributed by atoms with Gasteiger partial charge in [-0.05, 0) is 49.8 Å². The molecule has 0 spiro atoms. The zero-order valence-corrected chi connectivity index (χ0v) is 18.1. The van der Waals surface area contributed by atoms with Crippen LogP contribution in [0, 0.1) is 5.92 Å². The van der Waals surface area contributed by atoms with Crippen molar-refractivity contribution in [2.24, 2.45) is 10.9 Å². The summed E-state index contributed by atoms with van der Waals surface area (Å²) in [7, 11) is 3.48. The molecule has 1 heterocycles. The van der Waals surface area contributed by atoms with E-state index in [1.54, 1.807) is 14.1 Å². The number of hydrogen-bond acceptors (Lipinski definition) is 3. The second-order valence-corrected chi connectivity index (χ2v) is 7.69. The summed E-state index contributed by atoms with van der Waals surface area (Å²) in [6.07, 6.45) is 3.51.